The summed E-state index contributed by atoms with van der Waals surface area (Å²) in [4.78, 5) is 2.70. The zero-order valence-corrected chi connectivity index (χ0v) is 12.6. The van der Waals surface area contributed by atoms with Crippen LogP contribution in [0.4, 0.5) is 0 Å². The summed E-state index contributed by atoms with van der Waals surface area (Å²) in [6.07, 6.45) is 8.66. The fourth-order valence-electron chi connectivity index (χ4n) is 3.31. The van der Waals surface area contributed by atoms with Crippen molar-refractivity contribution in [2.75, 3.05) is 19.6 Å². The predicted octanol–water partition coefficient (Wildman–Crippen LogP) is 3.05. The summed E-state index contributed by atoms with van der Waals surface area (Å²) in [7, 11) is 0. The van der Waals surface area contributed by atoms with E-state index in [2.05, 4.69) is 50.1 Å². The first-order valence-electron chi connectivity index (χ1n) is 7.65. The van der Waals surface area contributed by atoms with Gasteiger partial charge in [-0.05, 0) is 44.9 Å². The molecule has 1 saturated carbocycles. The van der Waals surface area contributed by atoms with Crippen molar-refractivity contribution in [1.29, 1.82) is 0 Å². The molecule has 2 heteroatoms. The molecule has 18 heavy (non-hydrogen) atoms. The molecule has 0 aromatic heterocycles. The number of hydrogen-bond donors (Lipinski definition) is 1. The van der Waals surface area contributed by atoms with Crippen LogP contribution in [-0.2, 0) is 0 Å². The van der Waals surface area contributed by atoms with Crippen LogP contribution < -0.4 is 5.32 Å². The van der Waals surface area contributed by atoms with E-state index in [9.17, 15) is 0 Å². The van der Waals surface area contributed by atoms with Gasteiger partial charge < -0.3 is 5.32 Å². The average Bonchev–Trinajstić information content (AvgIpc) is 3.13. The molecular formula is C16H30N2. The van der Waals surface area contributed by atoms with Gasteiger partial charge in [-0.25, -0.2) is 0 Å². The van der Waals surface area contributed by atoms with E-state index in [1.54, 1.807) is 0 Å². The second kappa shape index (κ2) is 5.75. The summed E-state index contributed by atoms with van der Waals surface area (Å²) < 4.78 is 0. The summed E-state index contributed by atoms with van der Waals surface area (Å²) >= 11 is 0. The zero-order valence-electron chi connectivity index (χ0n) is 12.6. The molecule has 2 unspecified atom stereocenters. The fourth-order valence-corrected chi connectivity index (χ4v) is 3.31. The normalized spacial score (nSPS) is 34.6. The predicted molar refractivity (Wildman–Crippen MR) is 78.8 cm³/mol. The minimum Gasteiger partial charge on any atom is -0.308 e. The van der Waals surface area contributed by atoms with Gasteiger partial charge in [0.1, 0.15) is 0 Å². The monoisotopic (exact) mass is 250 g/mol. The van der Waals surface area contributed by atoms with Crippen LogP contribution in [0.15, 0.2) is 12.2 Å². The number of piperazine rings is 1. The van der Waals surface area contributed by atoms with Crippen molar-refractivity contribution in [2.45, 2.75) is 58.5 Å². The lowest BCUT2D eigenvalue weighted by atomic mass is 9.89. The highest BCUT2D eigenvalue weighted by Gasteiger charge is 2.45. The lowest BCUT2D eigenvalue weighted by Gasteiger charge is -2.47. The van der Waals surface area contributed by atoms with Gasteiger partial charge in [0.25, 0.3) is 0 Å². The van der Waals surface area contributed by atoms with Crippen LogP contribution in [0, 0.1) is 11.8 Å². The minimum atomic E-state index is 0.370. The lowest BCUT2D eigenvalue weighted by Crippen LogP contribution is -2.64. The van der Waals surface area contributed by atoms with E-state index >= 15 is 0 Å². The van der Waals surface area contributed by atoms with Crippen LogP contribution in [0.3, 0.4) is 0 Å². The SMILES string of the molecule is C/C=C/CN1CC(C)(C2CC2)NCC1CC(C)C. The smallest absolute Gasteiger partial charge is 0.0309 e. The second-order valence-corrected chi connectivity index (χ2v) is 6.85. The van der Waals surface area contributed by atoms with Crippen LogP contribution >= 0.6 is 0 Å². The Morgan fingerprint density at radius 2 is 2.11 bits per heavy atom. The molecule has 2 atom stereocenters. The number of nitrogens with zero attached hydrogens (tertiary/aromatic N) is 1. The van der Waals surface area contributed by atoms with Crippen molar-refractivity contribution >= 4 is 0 Å². The molecule has 1 N–H and O–H groups in total. The van der Waals surface area contributed by atoms with E-state index in [4.69, 9.17) is 0 Å². The largest absolute Gasteiger partial charge is 0.308 e. The first-order chi connectivity index (χ1) is 8.55. The summed E-state index contributed by atoms with van der Waals surface area (Å²) in [5.74, 6) is 1.71. The molecular weight excluding hydrogens is 220 g/mol. The van der Waals surface area contributed by atoms with E-state index in [1.165, 1.54) is 32.4 Å². The molecule has 1 aliphatic carbocycles. The molecule has 2 fully saturated rings. The van der Waals surface area contributed by atoms with E-state index in [1.807, 2.05) is 0 Å². The Morgan fingerprint density at radius 3 is 2.67 bits per heavy atom. The maximum Gasteiger partial charge on any atom is 0.0309 e. The van der Waals surface area contributed by atoms with Gasteiger partial charge in [0.2, 0.25) is 0 Å². The molecule has 104 valence electrons. The third-order valence-electron chi connectivity index (χ3n) is 4.59. The van der Waals surface area contributed by atoms with E-state index in [0.29, 0.717) is 11.6 Å². The van der Waals surface area contributed by atoms with Crippen LogP contribution in [-0.4, -0.2) is 36.1 Å². The Hall–Kier alpha value is -0.340. The number of rotatable bonds is 5. The van der Waals surface area contributed by atoms with Crippen molar-refractivity contribution < 1.29 is 0 Å². The molecule has 0 spiro atoms. The first-order valence-corrected chi connectivity index (χ1v) is 7.65. The quantitative estimate of drug-likeness (QED) is 0.755. The Kier molecular flexibility index (Phi) is 4.50. The molecule has 0 aromatic carbocycles. The molecule has 1 aliphatic heterocycles. The van der Waals surface area contributed by atoms with Gasteiger partial charge in [-0.15, -0.1) is 0 Å². The van der Waals surface area contributed by atoms with E-state index < -0.39 is 0 Å². The third kappa shape index (κ3) is 3.36. The van der Waals surface area contributed by atoms with Gasteiger partial charge in [-0.1, -0.05) is 26.0 Å². The highest BCUT2D eigenvalue weighted by molar-refractivity contribution is 5.05. The maximum atomic E-state index is 3.85. The summed E-state index contributed by atoms with van der Waals surface area (Å²) in [5, 5.41) is 3.85. The topological polar surface area (TPSA) is 15.3 Å². The molecule has 0 radical (unpaired) electrons. The van der Waals surface area contributed by atoms with Gasteiger partial charge in [0.15, 0.2) is 0 Å². The highest BCUT2D eigenvalue weighted by Crippen LogP contribution is 2.41. The lowest BCUT2D eigenvalue weighted by molar-refractivity contribution is 0.0745. The van der Waals surface area contributed by atoms with Crippen molar-refractivity contribution in [3.05, 3.63) is 12.2 Å². The number of allylic oxidation sites excluding steroid dienone is 1. The summed E-state index contributed by atoms with van der Waals surface area (Å²) in [5.41, 5.74) is 0.370. The Morgan fingerprint density at radius 1 is 1.39 bits per heavy atom. The molecule has 1 saturated heterocycles. The Balaban J connectivity index is 1.99. The molecule has 2 nitrogen and oxygen atoms in total. The Labute approximate surface area is 113 Å². The van der Waals surface area contributed by atoms with Gasteiger partial charge in [0, 0.05) is 31.2 Å². The molecule has 0 amide bonds. The number of nitrogens with one attached hydrogen (secondary N) is 1. The molecule has 0 aromatic rings. The van der Waals surface area contributed by atoms with Crippen molar-refractivity contribution in [2.24, 2.45) is 11.8 Å². The summed E-state index contributed by atoms with van der Waals surface area (Å²) in [6, 6.07) is 0.716. The Bertz CT molecular complexity index is 293. The number of hydrogen-bond acceptors (Lipinski definition) is 2. The third-order valence-corrected chi connectivity index (χ3v) is 4.59. The minimum absolute atomic E-state index is 0.370. The van der Waals surface area contributed by atoms with Gasteiger partial charge in [-0.3, -0.25) is 4.90 Å². The molecule has 0 bridgehead atoms. The molecule has 2 rings (SSSR count). The highest BCUT2D eigenvalue weighted by atomic mass is 15.3. The van der Waals surface area contributed by atoms with Crippen LogP contribution in [0.25, 0.3) is 0 Å². The first kappa shape index (κ1) is 14.1. The van der Waals surface area contributed by atoms with Crippen LogP contribution in [0.1, 0.15) is 47.0 Å². The summed E-state index contributed by atoms with van der Waals surface area (Å²) in [6.45, 7) is 12.7. The van der Waals surface area contributed by atoms with Crippen LogP contribution in [0.2, 0.25) is 0 Å². The average molecular weight is 250 g/mol. The standard InChI is InChI=1S/C16H30N2/c1-5-6-9-18-12-16(4,14-7-8-14)17-11-15(18)10-13(2)3/h5-6,13-15,17H,7-12H2,1-4H3/b6-5+. The maximum absolute atomic E-state index is 3.85. The molecule has 2 aliphatic rings. The van der Waals surface area contributed by atoms with Crippen molar-refractivity contribution in [3.63, 3.8) is 0 Å². The van der Waals surface area contributed by atoms with Gasteiger partial charge in [-0.2, -0.15) is 0 Å². The second-order valence-electron chi connectivity index (χ2n) is 6.85. The molecule has 1 heterocycles. The fraction of sp³-hybridized carbons (Fsp3) is 0.875. The van der Waals surface area contributed by atoms with Gasteiger partial charge >= 0.3 is 0 Å². The van der Waals surface area contributed by atoms with E-state index in [-0.39, 0.29) is 0 Å². The van der Waals surface area contributed by atoms with Gasteiger partial charge in [0.05, 0.1) is 0 Å². The van der Waals surface area contributed by atoms with Crippen molar-refractivity contribution in [1.82, 2.24) is 10.2 Å². The van der Waals surface area contributed by atoms with Crippen molar-refractivity contribution in [3.8, 4) is 0 Å². The van der Waals surface area contributed by atoms with E-state index in [0.717, 1.165) is 18.4 Å². The zero-order chi connectivity index (χ0) is 13.2. The van der Waals surface area contributed by atoms with Crippen LogP contribution in [0.5, 0.6) is 0 Å².